The molecule has 0 amide bonds. The van der Waals surface area contributed by atoms with Crippen molar-refractivity contribution in [3.05, 3.63) is 78.4 Å². The fourth-order valence-corrected chi connectivity index (χ4v) is 2.83. The summed E-state index contributed by atoms with van der Waals surface area (Å²) in [5.74, 6) is -0.991. The Hall–Kier alpha value is -3.73. The molecule has 3 aromatic carbocycles. The van der Waals surface area contributed by atoms with Crippen molar-refractivity contribution in [2.75, 3.05) is 5.73 Å². The van der Waals surface area contributed by atoms with E-state index in [-0.39, 0.29) is 5.56 Å². The molecule has 26 heavy (non-hydrogen) atoms. The Kier molecular flexibility index (Phi) is 3.82. The molecule has 5 nitrogen and oxygen atoms in total. The molecule has 126 valence electrons. The standard InChI is InChI=1S/C21H15N3O2/c22-16-9-6-14(7-10-16)20-19(13-4-2-1-3-5-13)23-17-11-8-15(21(25)26)12-18(17)24-20/h1-12H,22H2,(H,25,26). The fraction of sp³-hybridized carbons (Fsp3) is 0. The van der Waals surface area contributed by atoms with Crippen LogP contribution in [0.1, 0.15) is 10.4 Å². The average Bonchev–Trinajstić information content (AvgIpc) is 2.68. The van der Waals surface area contributed by atoms with Crippen molar-refractivity contribution in [3.63, 3.8) is 0 Å². The first-order valence-corrected chi connectivity index (χ1v) is 8.08. The lowest BCUT2D eigenvalue weighted by molar-refractivity contribution is 0.0697. The number of aromatic carboxylic acids is 1. The first-order chi connectivity index (χ1) is 12.6. The van der Waals surface area contributed by atoms with Gasteiger partial charge in [-0.25, -0.2) is 14.8 Å². The fourth-order valence-electron chi connectivity index (χ4n) is 2.83. The van der Waals surface area contributed by atoms with E-state index >= 15 is 0 Å². The van der Waals surface area contributed by atoms with Gasteiger partial charge in [0, 0.05) is 16.8 Å². The zero-order valence-electron chi connectivity index (χ0n) is 13.8. The number of nitrogen functional groups attached to an aromatic ring is 1. The third-order valence-corrected chi connectivity index (χ3v) is 4.14. The number of carboxylic acid groups (broad SMARTS) is 1. The normalized spacial score (nSPS) is 10.8. The van der Waals surface area contributed by atoms with Gasteiger partial charge in [-0.3, -0.25) is 0 Å². The van der Waals surface area contributed by atoms with Crippen LogP contribution in [-0.2, 0) is 0 Å². The van der Waals surface area contributed by atoms with Gasteiger partial charge in [-0.1, -0.05) is 42.5 Å². The second-order valence-corrected chi connectivity index (χ2v) is 5.92. The van der Waals surface area contributed by atoms with Crippen molar-refractivity contribution in [1.82, 2.24) is 9.97 Å². The van der Waals surface area contributed by atoms with Crippen molar-refractivity contribution >= 4 is 22.7 Å². The van der Waals surface area contributed by atoms with Gasteiger partial charge in [0.1, 0.15) is 0 Å². The topological polar surface area (TPSA) is 89.1 Å². The SMILES string of the molecule is Nc1ccc(-c2nc3cc(C(=O)O)ccc3nc2-c2ccccc2)cc1. The summed E-state index contributed by atoms with van der Waals surface area (Å²) in [5, 5.41) is 9.23. The first kappa shape index (κ1) is 15.8. The van der Waals surface area contributed by atoms with Gasteiger partial charge in [-0.2, -0.15) is 0 Å². The first-order valence-electron chi connectivity index (χ1n) is 8.08. The van der Waals surface area contributed by atoms with Gasteiger partial charge < -0.3 is 10.8 Å². The summed E-state index contributed by atoms with van der Waals surface area (Å²) in [5.41, 5.74) is 11.1. The average molecular weight is 341 g/mol. The number of anilines is 1. The number of nitrogens with two attached hydrogens (primary N) is 1. The molecule has 3 N–H and O–H groups in total. The lowest BCUT2D eigenvalue weighted by Crippen LogP contribution is -1.99. The molecule has 0 fully saturated rings. The molecule has 0 aliphatic carbocycles. The van der Waals surface area contributed by atoms with Gasteiger partial charge in [-0.05, 0) is 30.3 Å². The van der Waals surface area contributed by atoms with E-state index in [1.54, 1.807) is 12.1 Å². The Balaban J connectivity index is 2.01. The molecule has 0 bridgehead atoms. The zero-order valence-corrected chi connectivity index (χ0v) is 13.8. The number of fused-ring (bicyclic) bond motifs is 1. The quantitative estimate of drug-likeness (QED) is 0.544. The number of carboxylic acids is 1. The van der Waals surface area contributed by atoms with Crippen LogP contribution in [0.5, 0.6) is 0 Å². The van der Waals surface area contributed by atoms with Crippen LogP contribution in [0, 0.1) is 0 Å². The minimum absolute atomic E-state index is 0.183. The molecule has 1 heterocycles. The lowest BCUT2D eigenvalue weighted by atomic mass is 10.0. The van der Waals surface area contributed by atoms with Crippen LogP contribution in [0.2, 0.25) is 0 Å². The Morgan fingerprint density at radius 1 is 0.769 bits per heavy atom. The highest BCUT2D eigenvalue weighted by Crippen LogP contribution is 2.31. The molecule has 0 radical (unpaired) electrons. The van der Waals surface area contributed by atoms with Gasteiger partial charge in [0.2, 0.25) is 0 Å². The summed E-state index contributed by atoms with van der Waals surface area (Å²) >= 11 is 0. The van der Waals surface area contributed by atoms with Crippen LogP contribution in [0.3, 0.4) is 0 Å². The maximum atomic E-state index is 11.3. The number of hydrogen-bond acceptors (Lipinski definition) is 4. The number of nitrogens with zero attached hydrogens (tertiary/aromatic N) is 2. The smallest absolute Gasteiger partial charge is 0.335 e. The second kappa shape index (κ2) is 6.29. The van der Waals surface area contributed by atoms with Crippen LogP contribution in [0.4, 0.5) is 5.69 Å². The summed E-state index contributed by atoms with van der Waals surface area (Å²) in [7, 11) is 0. The van der Waals surface area contributed by atoms with E-state index in [1.807, 2.05) is 54.6 Å². The van der Waals surface area contributed by atoms with Crippen LogP contribution in [-0.4, -0.2) is 21.0 Å². The molecule has 0 saturated carbocycles. The Morgan fingerprint density at radius 2 is 1.38 bits per heavy atom. The molecular formula is C21H15N3O2. The Labute approximate surface area is 149 Å². The van der Waals surface area contributed by atoms with E-state index in [2.05, 4.69) is 0 Å². The van der Waals surface area contributed by atoms with Gasteiger partial charge in [0.05, 0.1) is 28.0 Å². The molecule has 0 saturated heterocycles. The maximum Gasteiger partial charge on any atom is 0.335 e. The van der Waals surface area contributed by atoms with E-state index in [0.717, 1.165) is 16.8 Å². The van der Waals surface area contributed by atoms with Gasteiger partial charge in [0.25, 0.3) is 0 Å². The highest BCUT2D eigenvalue weighted by atomic mass is 16.4. The molecule has 0 aliphatic rings. The molecule has 0 aliphatic heterocycles. The third-order valence-electron chi connectivity index (χ3n) is 4.14. The molecule has 5 heteroatoms. The van der Waals surface area contributed by atoms with E-state index in [1.165, 1.54) is 6.07 Å². The molecular weight excluding hydrogens is 326 g/mol. The van der Waals surface area contributed by atoms with Gasteiger partial charge in [0.15, 0.2) is 0 Å². The molecule has 4 aromatic rings. The number of carbonyl (C=O) groups is 1. The number of aromatic nitrogens is 2. The van der Waals surface area contributed by atoms with E-state index in [9.17, 15) is 9.90 Å². The van der Waals surface area contributed by atoms with Gasteiger partial charge >= 0.3 is 5.97 Å². The van der Waals surface area contributed by atoms with Crippen LogP contribution in [0.15, 0.2) is 72.8 Å². The van der Waals surface area contributed by atoms with Gasteiger partial charge in [-0.15, -0.1) is 0 Å². The molecule has 4 rings (SSSR count). The third kappa shape index (κ3) is 2.86. The van der Waals surface area contributed by atoms with Crippen molar-refractivity contribution in [1.29, 1.82) is 0 Å². The predicted molar refractivity (Wildman–Crippen MR) is 102 cm³/mol. The summed E-state index contributed by atoms with van der Waals surface area (Å²) < 4.78 is 0. The minimum Gasteiger partial charge on any atom is -0.478 e. The number of benzene rings is 3. The lowest BCUT2D eigenvalue weighted by Gasteiger charge is -2.11. The summed E-state index contributed by atoms with van der Waals surface area (Å²) in [6.45, 7) is 0. The Morgan fingerprint density at radius 3 is 2.04 bits per heavy atom. The van der Waals surface area contributed by atoms with E-state index in [4.69, 9.17) is 15.7 Å². The van der Waals surface area contributed by atoms with Crippen molar-refractivity contribution < 1.29 is 9.90 Å². The molecule has 0 atom stereocenters. The number of hydrogen-bond donors (Lipinski definition) is 2. The van der Waals surface area contributed by atoms with Crippen LogP contribution < -0.4 is 5.73 Å². The number of rotatable bonds is 3. The monoisotopic (exact) mass is 341 g/mol. The summed E-state index contributed by atoms with van der Waals surface area (Å²) in [6.07, 6.45) is 0. The largest absolute Gasteiger partial charge is 0.478 e. The maximum absolute atomic E-state index is 11.3. The molecule has 1 aromatic heterocycles. The summed E-state index contributed by atoms with van der Waals surface area (Å²) in [4.78, 5) is 20.7. The molecule has 0 spiro atoms. The highest BCUT2D eigenvalue weighted by molar-refractivity contribution is 5.94. The van der Waals surface area contributed by atoms with Crippen molar-refractivity contribution in [3.8, 4) is 22.5 Å². The van der Waals surface area contributed by atoms with Crippen molar-refractivity contribution in [2.45, 2.75) is 0 Å². The van der Waals surface area contributed by atoms with E-state index in [0.29, 0.717) is 22.4 Å². The van der Waals surface area contributed by atoms with Crippen LogP contribution in [0.25, 0.3) is 33.5 Å². The van der Waals surface area contributed by atoms with Crippen molar-refractivity contribution in [2.24, 2.45) is 0 Å². The van der Waals surface area contributed by atoms with E-state index < -0.39 is 5.97 Å². The second-order valence-electron chi connectivity index (χ2n) is 5.92. The van der Waals surface area contributed by atoms with Crippen LogP contribution >= 0.6 is 0 Å². The minimum atomic E-state index is -0.991. The highest BCUT2D eigenvalue weighted by Gasteiger charge is 2.14. The predicted octanol–water partition coefficient (Wildman–Crippen LogP) is 4.24. The molecule has 0 unspecified atom stereocenters. The Bertz CT molecular complexity index is 1110. The summed E-state index contributed by atoms with van der Waals surface area (Å²) in [6, 6.07) is 21.9. The zero-order chi connectivity index (χ0) is 18.1.